The van der Waals surface area contributed by atoms with Crippen LogP contribution in [0, 0.1) is 20.8 Å². The summed E-state index contributed by atoms with van der Waals surface area (Å²) >= 11 is 0. The first-order valence-corrected chi connectivity index (χ1v) is 24.9. The number of methoxy groups -OCH3 is 1. The van der Waals surface area contributed by atoms with E-state index in [0.29, 0.717) is 121 Å². The molecule has 21 nitrogen and oxygen atoms in total. The molecule has 0 saturated heterocycles. The third kappa shape index (κ3) is 14.3. The van der Waals surface area contributed by atoms with Crippen molar-refractivity contribution in [2.45, 2.75) is 40.6 Å². The molecule has 0 aliphatic heterocycles. The first-order chi connectivity index (χ1) is 39.6. The zero-order chi connectivity index (χ0) is 55.9. The van der Waals surface area contributed by atoms with E-state index in [1.165, 1.54) is 12.4 Å². The van der Waals surface area contributed by atoms with Gasteiger partial charge in [0.25, 0.3) is 0 Å². The van der Waals surface area contributed by atoms with Crippen molar-refractivity contribution in [3.63, 3.8) is 0 Å². The molecule has 0 aromatic carbocycles. The summed E-state index contributed by atoms with van der Waals surface area (Å²) in [7, 11) is 1.60. The van der Waals surface area contributed by atoms with Gasteiger partial charge in [0.15, 0.2) is 0 Å². The normalized spacial score (nSPS) is 10.9. The highest BCUT2D eigenvalue weighted by molar-refractivity contribution is 5.75. The van der Waals surface area contributed by atoms with Gasteiger partial charge in [-0.3, -0.25) is 29.9 Å². The molecule has 0 saturated carbocycles. The number of oxazole rings is 3. The molecule has 0 amide bonds. The Bertz CT molecular complexity index is 4020. The van der Waals surface area contributed by atoms with Crippen LogP contribution in [0.4, 0.5) is 8.78 Å². The maximum Gasteiger partial charge on any atom is 0.248 e. The van der Waals surface area contributed by atoms with E-state index in [2.05, 4.69) is 59.8 Å². The summed E-state index contributed by atoms with van der Waals surface area (Å²) in [6.07, 6.45) is 14.5. The van der Waals surface area contributed by atoms with Crippen molar-refractivity contribution in [2.75, 3.05) is 27.3 Å². The maximum absolute atomic E-state index is 12.1. The minimum Gasteiger partial charge on any atom is -0.495 e. The number of aryl methyl sites for hydroxylation is 3. The molecule has 0 spiro atoms. The highest BCUT2D eigenvalue weighted by Crippen LogP contribution is 2.28. The van der Waals surface area contributed by atoms with E-state index in [0.717, 1.165) is 22.4 Å². The zero-order valence-corrected chi connectivity index (χ0v) is 43.9. The third-order valence-corrected chi connectivity index (χ3v) is 11.4. The van der Waals surface area contributed by atoms with Gasteiger partial charge in [0.05, 0.1) is 61.4 Å². The zero-order valence-electron chi connectivity index (χ0n) is 43.9. The predicted molar refractivity (Wildman–Crippen MR) is 290 cm³/mol. The Labute approximate surface area is 460 Å². The minimum atomic E-state index is -0.888. The fraction of sp³-hybridized carbons (Fsp3) is 0.172. The van der Waals surface area contributed by atoms with Crippen LogP contribution in [0.25, 0.3) is 68.4 Å². The molecule has 0 aliphatic rings. The van der Waals surface area contributed by atoms with E-state index in [4.69, 9.17) is 41.7 Å². The number of hydrogen-bond acceptors (Lipinski definition) is 21. The molecular weight excluding hydrogens is 1050 g/mol. The van der Waals surface area contributed by atoms with Crippen molar-refractivity contribution in [2.24, 2.45) is 0 Å². The molecule has 0 aliphatic carbocycles. The minimum absolute atomic E-state index is 0.0148. The van der Waals surface area contributed by atoms with Crippen LogP contribution in [0.1, 0.15) is 33.8 Å². The van der Waals surface area contributed by atoms with Crippen LogP contribution in [-0.2, 0) is 19.8 Å². The van der Waals surface area contributed by atoms with Crippen LogP contribution in [0.15, 0.2) is 160 Å². The number of pyridine rings is 9. The Kier molecular flexibility index (Phi) is 17.1. The van der Waals surface area contributed by atoms with Gasteiger partial charge in [-0.15, -0.1) is 0 Å². The highest BCUT2D eigenvalue weighted by atomic mass is 19.1. The van der Waals surface area contributed by atoms with Crippen LogP contribution in [0.2, 0.25) is 0 Å². The van der Waals surface area contributed by atoms with Gasteiger partial charge < -0.3 is 41.7 Å². The van der Waals surface area contributed by atoms with E-state index < -0.39 is 13.5 Å². The monoisotopic (exact) mass is 1090 g/mol. The third-order valence-electron chi connectivity index (χ3n) is 11.4. The van der Waals surface area contributed by atoms with Gasteiger partial charge in [-0.25, -0.2) is 38.7 Å². The van der Waals surface area contributed by atoms with Gasteiger partial charge in [0.2, 0.25) is 41.7 Å². The van der Waals surface area contributed by atoms with E-state index in [9.17, 15) is 8.78 Å². The standard InChI is InChI=1S/C20H17FN4O3.C19H15FN4O3.C19H16N4O3/c1-13-4-6-22-17(8-13)20-25-18-9-16(11-24-19(18)28-20)27-12-14-2-3-15(10-23-14)26-7-5-21;1-12-4-5-21-16(6-12)19-24-17-7-15(9-23-18(17)27-19)25-10-13-2-3-14(8-22-13)26-11-20;1-12-5-6-20-16(7-12)19-23-17-8-15(10-22-18(17)26-19)25-11-13-3-4-14(24-2)9-21-13/h2-4,6,8-11H,5,7,12H2,1H3;2-9H,10-11H2,1H3;3-10H,11H2,1-2H3. The largest absolute Gasteiger partial charge is 0.495 e. The number of halogens is 2. The molecule has 408 valence electrons. The lowest BCUT2D eigenvalue weighted by Crippen LogP contribution is -2.01. The molecule has 12 rings (SSSR count). The van der Waals surface area contributed by atoms with E-state index in [-0.39, 0.29) is 19.8 Å². The summed E-state index contributed by atoms with van der Waals surface area (Å²) in [5.41, 5.74) is 10.4. The van der Waals surface area contributed by atoms with Crippen molar-refractivity contribution in [3.8, 4) is 69.3 Å². The van der Waals surface area contributed by atoms with Gasteiger partial charge in [0.1, 0.15) is 101 Å². The predicted octanol–water partition coefficient (Wildman–Crippen LogP) is 11.4. The topological polar surface area (TPSA) is 249 Å². The summed E-state index contributed by atoms with van der Waals surface area (Å²) < 4.78 is 73.4. The van der Waals surface area contributed by atoms with Gasteiger partial charge in [-0.1, -0.05) is 0 Å². The molecular formula is C58H48F2N12O9. The highest BCUT2D eigenvalue weighted by Gasteiger charge is 2.15. The smallest absolute Gasteiger partial charge is 0.248 e. The molecule has 81 heavy (non-hydrogen) atoms. The Morgan fingerprint density at radius 2 is 0.741 bits per heavy atom. The number of rotatable bonds is 18. The summed E-state index contributed by atoms with van der Waals surface area (Å²) in [6, 6.07) is 27.2. The molecule has 0 N–H and O–H groups in total. The maximum atomic E-state index is 12.1. The molecule has 12 aromatic rings. The molecule has 0 fully saturated rings. The number of alkyl halides is 2. The van der Waals surface area contributed by atoms with Crippen molar-refractivity contribution < 1.29 is 50.5 Å². The van der Waals surface area contributed by atoms with Crippen LogP contribution in [0.5, 0.6) is 34.5 Å². The van der Waals surface area contributed by atoms with Gasteiger partial charge >= 0.3 is 0 Å². The summed E-state index contributed by atoms with van der Waals surface area (Å²) in [6.45, 7) is 5.33. The average Bonchev–Trinajstić information content (AvgIpc) is 4.37. The lowest BCUT2D eigenvalue weighted by molar-refractivity contribution is 0.191. The first-order valence-electron chi connectivity index (χ1n) is 24.9. The van der Waals surface area contributed by atoms with Crippen LogP contribution < -0.4 is 28.4 Å². The fourth-order valence-corrected chi connectivity index (χ4v) is 7.41. The van der Waals surface area contributed by atoms with Crippen molar-refractivity contribution >= 4 is 33.7 Å². The summed E-state index contributed by atoms with van der Waals surface area (Å²) in [5.74, 6) is 4.51. The van der Waals surface area contributed by atoms with Gasteiger partial charge in [0, 0.05) is 36.8 Å². The fourth-order valence-electron chi connectivity index (χ4n) is 7.41. The molecule has 0 atom stereocenters. The van der Waals surface area contributed by atoms with Crippen LogP contribution in [0.3, 0.4) is 0 Å². The lowest BCUT2D eigenvalue weighted by atomic mass is 10.2. The van der Waals surface area contributed by atoms with Crippen LogP contribution >= 0.6 is 0 Å². The number of ether oxygens (including phenoxy) is 6. The van der Waals surface area contributed by atoms with Crippen molar-refractivity contribution in [1.82, 2.24) is 59.8 Å². The van der Waals surface area contributed by atoms with E-state index in [1.54, 1.807) is 93.0 Å². The second kappa shape index (κ2) is 25.7. The first kappa shape index (κ1) is 53.8. The van der Waals surface area contributed by atoms with Crippen LogP contribution in [-0.4, -0.2) is 87.1 Å². The average molecular weight is 1100 g/mol. The van der Waals surface area contributed by atoms with Gasteiger partial charge in [-0.2, -0.15) is 0 Å². The number of aromatic nitrogens is 12. The molecule has 0 radical (unpaired) electrons. The van der Waals surface area contributed by atoms with E-state index >= 15 is 0 Å². The Balaban J connectivity index is 0.000000136. The molecule has 12 aromatic heterocycles. The number of nitrogens with zero attached hydrogens (tertiary/aromatic N) is 12. The summed E-state index contributed by atoms with van der Waals surface area (Å²) in [5, 5.41) is 0. The molecule has 0 unspecified atom stereocenters. The van der Waals surface area contributed by atoms with Gasteiger partial charge in [-0.05, 0) is 110 Å². The SMILES string of the molecule is COc1ccc(COc2cnc3oc(-c4cc(C)ccn4)nc3c2)nc1.Cc1ccnc(-c2nc3cc(OCc4ccc(OCCF)cn4)cnc3o2)c1.Cc1ccnc(-c2nc3cc(OCc4ccc(OCF)cn4)cnc3o2)c1. The van der Waals surface area contributed by atoms with E-state index in [1.807, 2.05) is 69.3 Å². The quantitative estimate of drug-likeness (QED) is 0.0774. The van der Waals surface area contributed by atoms with Crippen molar-refractivity contribution in [1.29, 1.82) is 0 Å². The molecule has 0 bridgehead atoms. The summed E-state index contributed by atoms with van der Waals surface area (Å²) in [4.78, 5) is 51.6. The lowest BCUT2D eigenvalue weighted by Gasteiger charge is -2.06. The molecule has 23 heteroatoms. The number of hydrogen-bond donors (Lipinski definition) is 0. The molecule has 12 heterocycles. The Morgan fingerprint density at radius 1 is 0.383 bits per heavy atom. The second-order valence-corrected chi connectivity index (χ2v) is 17.5. The Morgan fingerprint density at radius 3 is 1.06 bits per heavy atom. The van der Waals surface area contributed by atoms with Crippen molar-refractivity contribution in [3.05, 3.63) is 181 Å². The second-order valence-electron chi connectivity index (χ2n) is 17.5. The Hall–Kier alpha value is -10.6. The number of fused-ring (bicyclic) bond motifs is 3.